The number of likely N-dealkylation sites (tertiary alicyclic amines) is 1. The highest BCUT2D eigenvalue weighted by atomic mass is 16.2. The second-order valence-corrected chi connectivity index (χ2v) is 5.24. The number of carbonyl (C=O) groups is 1. The smallest absolute Gasteiger partial charge is 0.240 e. The molecule has 106 valence electrons. The molecule has 1 aromatic carbocycles. The van der Waals surface area contributed by atoms with Gasteiger partial charge in [0.1, 0.15) is 0 Å². The van der Waals surface area contributed by atoms with E-state index in [1.54, 1.807) is 12.1 Å². The van der Waals surface area contributed by atoms with Crippen molar-refractivity contribution in [3.05, 3.63) is 35.4 Å². The van der Waals surface area contributed by atoms with E-state index < -0.39 is 0 Å². The highest BCUT2D eigenvalue weighted by molar-refractivity contribution is 5.82. The summed E-state index contributed by atoms with van der Waals surface area (Å²) < 4.78 is 0. The number of benzene rings is 1. The number of nitriles is 1. The van der Waals surface area contributed by atoms with Crippen LogP contribution in [0, 0.1) is 11.3 Å². The number of carbonyl (C=O) groups excluding carboxylic acids is 1. The summed E-state index contributed by atoms with van der Waals surface area (Å²) in [7, 11) is 1.83. The minimum absolute atomic E-state index is 0.180. The van der Waals surface area contributed by atoms with Crippen LogP contribution in [0.2, 0.25) is 0 Å². The molecule has 1 heterocycles. The third-order valence-corrected chi connectivity index (χ3v) is 3.84. The number of hydrogen-bond acceptors (Lipinski definition) is 3. The van der Waals surface area contributed by atoms with Gasteiger partial charge in [-0.15, -0.1) is 0 Å². The zero-order valence-electron chi connectivity index (χ0n) is 11.9. The first-order chi connectivity index (χ1) is 9.74. The van der Waals surface area contributed by atoms with Crippen LogP contribution in [0.5, 0.6) is 0 Å². The quantitative estimate of drug-likeness (QED) is 0.907. The van der Waals surface area contributed by atoms with Gasteiger partial charge in [0.25, 0.3) is 0 Å². The van der Waals surface area contributed by atoms with Gasteiger partial charge >= 0.3 is 0 Å². The minimum atomic E-state index is -0.180. The fraction of sp³-hybridized carbons (Fsp3) is 0.500. The summed E-state index contributed by atoms with van der Waals surface area (Å²) in [6, 6.07) is 9.37. The molecule has 1 aromatic rings. The van der Waals surface area contributed by atoms with E-state index in [4.69, 9.17) is 5.26 Å². The molecule has 1 atom stereocenters. The van der Waals surface area contributed by atoms with E-state index in [2.05, 4.69) is 11.4 Å². The number of nitrogens with one attached hydrogen (secondary N) is 1. The summed E-state index contributed by atoms with van der Waals surface area (Å²) >= 11 is 0. The zero-order chi connectivity index (χ0) is 14.4. The Kier molecular flexibility index (Phi) is 5.14. The van der Waals surface area contributed by atoms with Crippen molar-refractivity contribution in [2.24, 2.45) is 0 Å². The van der Waals surface area contributed by atoms with Crippen LogP contribution in [0.15, 0.2) is 24.3 Å². The first-order valence-electron chi connectivity index (χ1n) is 7.19. The second-order valence-electron chi connectivity index (χ2n) is 5.24. The molecule has 4 nitrogen and oxygen atoms in total. The van der Waals surface area contributed by atoms with Crippen molar-refractivity contribution in [3.8, 4) is 6.07 Å². The van der Waals surface area contributed by atoms with Gasteiger partial charge < -0.3 is 10.2 Å². The van der Waals surface area contributed by atoms with Crippen molar-refractivity contribution in [2.45, 2.75) is 31.7 Å². The van der Waals surface area contributed by atoms with E-state index >= 15 is 0 Å². The molecule has 0 aromatic heterocycles. The summed E-state index contributed by atoms with van der Waals surface area (Å²) in [5, 5.41) is 11.9. The normalized spacial score (nSPS) is 16.5. The number of hydrogen-bond donors (Lipinski definition) is 1. The Morgan fingerprint density at radius 2 is 1.95 bits per heavy atom. The van der Waals surface area contributed by atoms with Crippen molar-refractivity contribution >= 4 is 5.91 Å². The Bertz CT molecular complexity index is 483. The van der Waals surface area contributed by atoms with Crippen LogP contribution >= 0.6 is 0 Å². The van der Waals surface area contributed by atoms with E-state index in [0.29, 0.717) is 12.0 Å². The van der Waals surface area contributed by atoms with Gasteiger partial charge in [-0.05, 0) is 50.4 Å². The Morgan fingerprint density at radius 1 is 1.30 bits per heavy atom. The Balaban J connectivity index is 2.00. The number of rotatable bonds is 4. The number of piperidine rings is 1. The van der Waals surface area contributed by atoms with Gasteiger partial charge in [0.2, 0.25) is 5.91 Å². The molecule has 1 aliphatic heterocycles. The molecule has 1 amide bonds. The molecule has 1 fully saturated rings. The lowest BCUT2D eigenvalue weighted by molar-refractivity contribution is -0.134. The average Bonchev–Trinajstić information content (AvgIpc) is 2.53. The molecule has 1 saturated heterocycles. The maximum atomic E-state index is 12.5. The van der Waals surface area contributed by atoms with Crippen LogP contribution < -0.4 is 5.32 Å². The summed E-state index contributed by atoms with van der Waals surface area (Å²) in [5.74, 6) is 0.191. The fourth-order valence-electron chi connectivity index (χ4n) is 2.60. The maximum Gasteiger partial charge on any atom is 0.240 e. The van der Waals surface area contributed by atoms with Crippen molar-refractivity contribution in [1.82, 2.24) is 10.2 Å². The summed E-state index contributed by atoms with van der Waals surface area (Å²) in [6.07, 6.45) is 4.11. The third kappa shape index (κ3) is 3.58. The molecule has 0 bridgehead atoms. The Hall–Kier alpha value is -1.86. The van der Waals surface area contributed by atoms with Gasteiger partial charge in [-0.3, -0.25) is 4.79 Å². The standard InChI is InChI=1S/C16H21N3O/c1-18-15(16(20)19-9-3-2-4-10-19)11-13-5-7-14(12-17)8-6-13/h5-8,15,18H,2-4,9-11H2,1H3/t15-/m0/s1. The molecular weight excluding hydrogens is 250 g/mol. The summed E-state index contributed by atoms with van der Waals surface area (Å²) in [6.45, 7) is 1.76. The van der Waals surface area contributed by atoms with Gasteiger partial charge in [0, 0.05) is 13.1 Å². The summed E-state index contributed by atoms with van der Waals surface area (Å²) in [4.78, 5) is 14.4. The first kappa shape index (κ1) is 14.5. The average molecular weight is 271 g/mol. The van der Waals surface area contributed by atoms with Crippen molar-refractivity contribution < 1.29 is 4.79 Å². The zero-order valence-corrected chi connectivity index (χ0v) is 11.9. The van der Waals surface area contributed by atoms with E-state index in [1.807, 2.05) is 24.1 Å². The van der Waals surface area contributed by atoms with Crippen LogP contribution in [0.3, 0.4) is 0 Å². The number of amides is 1. The molecule has 4 heteroatoms. The predicted molar refractivity (Wildman–Crippen MR) is 78.1 cm³/mol. The molecule has 0 unspecified atom stereocenters. The molecule has 0 saturated carbocycles. The first-order valence-corrected chi connectivity index (χ1v) is 7.19. The second kappa shape index (κ2) is 7.06. The lowest BCUT2D eigenvalue weighted by atomic mass is 10.0. The predicted octanol–water partition coefficient (Wildman–Crippen LogP) is 1.70. The highest BCUT2D eigenvalue weighted by Gasteiger charge is 2.24. The van der Waals surface area contributed by atoms with E-state index in [-0.39, 0.29) is 11.9 Å². The lowest BCUT2D eigenvalue weighted by Gasteiger charge is -2.30. The van der Waals surface area contributed by atoms with Crippen molar-refractivity contribution in [1.29, 1.82) is 5.26 Å². The van der Waals surface area contributed by atoms with Crippen LogP contribution in [0.25, 0.3) is 0 Å². The lowest BCUT2D eigenvalue weighted by Crippen LogP contribution is -2.48. The van der Waals surface area contributed by atoms with Crippen LogP contribution in [-0.4, -0.2) is 37.0 Å². The highest BCUT2D eigenvalue weighted by Crippen LogP contribution is 2.13. The molecular formula is C16H21N3O. The molecule has 0 radical (unpaired) electrons. The van der Waals surface area contributed by atoms with Crippen LogP contribution in [0.1, 0.15) is 30.4 Å². The Labute approximate surface area is 120 Å². The van der Waals surface area contributed by atoms with Gasteiger partial charge in [0.15, 0.2) is 0 Å². The molecule has 1 N–H and O–H groups in total. The maximum absolute atomic E-state index is 12.5. The molecule has 0 aliphatic carbocycles. The third-order valence-electron chi connectivity index (χ3n) is 3.84. The van der Waals surface area contributed by atoms with Gasteiger partial charge in [-0.1, -0.05) is 12.1 Å². The monoisotopic (exact) mass is 271 g/mol. The largest absolute Gasteiger partial charge is 0.341 e. The molecule has 0 spiro atoms. The van der Waals surface area contributed by atoms with Crippen molar-refractivity contribution in [3.63, 3.8) is 0 Å². The number of likely N-dealkylation sites (N-methyl/N-ethyl adjacent to an activating group) is 1. The minimum Gasteiger partial charge on any atom is -0.341 e. The van der Waals surface area contributed by atoms with Crippen LogP contribution in [0.4, 0.5) is 0 Å². The number of nitrogens with zero attached hydrogens (tertiary/aromatic N) is 2. The fourth-order valence-corrected chi connectivity index (χ4v) is 2.60. The van der Waals surface area contributed by atoms with Crippen LogP contribution in [-0.2, 0) is 11.2 Å². The Morgan fingerprint density at radius 3 is 2.50 bits per heavy atom. The van der Waals surface area contributed by atoms with Gasteiger partial charge in [-0.25, -0.2) is 0 Å². The van der Waals surface area contributed by atoms with Gasteiger partial charge in [0.05, 0.1) is 17.7 Å². The molecule has 1 aliphatic rings. The SMILES string of the molecule is CN[C@@H](Cc1ccc(C#N)cc1)C(=O)N1CCCCC1. The van der Waals surface area contributed by atoms with Crippen molar-refractivity contribution in [2.75, 3.05) is 20.1 Å². The van der Waals surface area contributed by atoms with E-state index in [0.717, 1.165) is 31.5 Å². The molecule has 2 rings (SSSR count). The summed E-state index contributed by atoms with van der Waals surface area (Å²) in [5.41, 5.74) is 1.73. The van der Waals surface area contributed by atoms with E-state index in [9.17, 15) is 4.79 Å². The topological polar surface area (TPSA) is 56.1 Å². The van der Waals surface area contributed by atoms with E-state index in [1.165, 1.54) is 6.42 Å². The molecule has 20 heavy (non-hydrogen) atoms. The van der Waals surface area contributed by atoms with Gasteiger partial charge in [-0.2, -0.15) is 5.26 Å².